The van der Waals surface area contributed by atoms with Gasteiger partial charge in [-0.25, -0.2) is 13.4 Å². The number of aromatic nitrogens is 1. The number of aliphatic hydroxyl groups excluding tert-OH is 1. The van der Waals surface area contributed by atoms with E-state index in [0.29, 0.717) is 17.2 Å². The summed E-state index contributed by atoms with van der Waals surface area (Å²) in [5.74, 6) is -0.192. The maximum atomic E-state index is 13.7. The largest absolute Gasteiger partial charge is 0.586 e. The topological polar surface area (TPSA) is 135 Å². The molecule has 3 aromatic carbocycles. The molecule has 0 radical (unpaired) electrons. The fraction of sp³-hybridized carbons (Fsp3) is 0.200. The first-order valence-electron chi connectivity index (χ1n) is 13.0. The Hall–Kier alpha value is -4.76. The molecule has 45 heavy (non-hydrogen) atoms. The van der Waals surface area contributed by atoms with Crippen LogP contribution < -0.4 is 14.8 Å². The Bertz CT molecular complexity index is 1970. The highest BCUT2D eigenvalue weighted by Crippen LogP contribution is 2.45. The number of nitrogens with zero attached hydrogens (tertiary/aromatic N) is 1. The minimum absolute atomic E-state index is 0.0407. The lowest BCUT2D eigenvalue weighted by atomic mass is 9.97. The molecule has 3 N–H and O–H groups in total. The molecule has 236 valence electrons. The Morgan fingerprint density at radius 1 is 1.02 bits per heavy atom. The van der Waals surface area contributed by atoms with Crippen LogP contribution in [0, 0.1) is 12.3 Å². The van der Waals surface area contributed by atoms with Crippen LogP contribution in [0.3, 0.4) is 0 Å². The first-order valence-corrected chi connectivity index (χ1v) is 14.9. The maximum absolute atomic E-state index is 13.7. The van der Waals surface area contributed by atoms with Crippen LogP contribution in [-0.4, -0.2) is 42.9 Å². The van der Waals surface area contributed by atoms with Crippen LogP contribution in [-0.2, 0) is 16.4 Å². The molecule has 0 aliphatic carbocycles. The molecule has 1 aliphatic rings. The second-order valence-electron chi connectivity index (χ2n) is 10.1. The van der Waals surface area contributed by atoms with Crippen LogP contribution in [0.25, 0.3) is 33.7 Å². The highest BCUT2D eigenvalue weighted by molar-refractivity contribution is 7.90. The van der Waals surface area contributed by atoms with E-state index in [9.17, 15) is 35.5 Å². The van der Waals surface area contributed by atoms with Crippen molar-refractivity contribution >= 4 is 21.2 Å². The zero-order chi connectivity index (χ0) is 32.9. The molecule has 1 aliphatic heterocycles. The van der Waals surface area contributed by atoms with E-state index >= 15 is 0 Å². The molecule has 0 saturated heterocycles. The second kappa shape index (κ2) is 11.3. The van der Waals surface area contributed by atoms with Gasteiger partial charge in [-0.1, -0.05) is 18.2 Å². The summed E-state index contributed by atoms with van der Waals surface area (Å²) in [7, 11) is -3.73. The van der Waals surface area contributed by atoms with Crippen LogP contribution >= 0.6 is 0 Å². The highest BCUT2D eigenvalue weighted by Gasteiger charge is 2.43. The van der Waals surface area contributed by atoms with Gasteiger partial charge in [-0.05, 0) is 66.1 Å². The molecule has 2 heterocycles. The number of aryl methyl sites for hydroxylation is 1. The zero-order valence-corrected chi connectivity index (χ0v) is 24.5. The van der Waals surface area contributed by atoms with Crippen molar-refractivity contribution in [2.24, 2.45) is 0 Å². The Morgan fingerprint density at radius 2 is 1.67 bits per heavy atom. The van der Waals surface area contributed by atoms with Gasteiger partial charge in [-0.15, -0.1) is 8.78 Å². The molecular formula is C30H24F5N3O6S. The van der Waals surface area contributed by atoms with Crippen molar-refractivity contribution in [1.29, 1.82) is 5.41 Å². The average molecular weight is 650 g/mol. The highest BCUT2D eigenvalue weighted by atomic mass is 32.2. The number of ether oxygens (including phenoxy) is 2. The molecule has 0 saturated carbocycles. The Morgan fingerprint density at radius 3 is 2.33 bits per heavy atom. The van der Waals surface area contributed by atoms with E-state index in [-0.39, 0.29) is 61.8 Å². The number of sulfone groups is 1. The van der Waals surface area contributed by atoms with E-state index in [1.807, 2.05) is 0 Å². The first kappa shape index (κ1) is 31.7. The number of alkyl halides is 5. The van der Waals surface area contributed by atoms with Gasteiger partial charge in [0.1, 0.15) is 11.4 Å². The van der Waals surface area contributed by atoms with E-state index in [2.05, 4.69) is 19.8 Å². The van der Waals surface area contributed by atoms with E-state index in [4.69, 9.17) is 9.83 Å². The summed E-state index contributed by atoms with van der Waals surface area (Å²) in [5, 5.41) is 19.8. The third-order valence-electron chi connectivity index (χ3n) is 6.64. The van der Waals surface area contributed by atoms with Crippen molar-refractivity contribution in [2.75, 3.05) is 11.6 Å². The summed E-state index contributed by atoms with van der Waals surface area (Å²) < 4.78 is 106. The Balaban J connectivity index is 1.68. The van der Waals surface area contributed by atoms with Gasteiger partial charge in [-0.2, -0.15) is 13.2 Å². The molecular weight excluding hydrogens is 625 g/mol. The van der Waals surface area contributed by atoms with Crippen LogP contribution in [0.15, 0.2) is 75.7 Å². The van der Waals surface area contributed by atoms with Crippen molar-refractivity contribution in [3.05, 3.63) is 77.8 Å². The SMILES string of the molecule is C/C(=C/C(=N)C(F)(F)F)Nc1ccc(-c2ccc(CO)c(S(C)(=O)=O)c2)cc1-c1oc(C)nc1-c1ccc2c(c1)OC(F)(F)O2. The molecule has 0 unspecified atom stereocenters. The van der Waals surface area contributed by atoms with Gasteiger partial charge in [0.2, 0.25) is 0 Å². The van der Waals surface area contributed by atoms with Crippen molar-refractivity contribution in [3.63, 3.8) is 0 Å². The standard InChI is InChI=1S/C30H24F5N3O6S/c1-15(10-26(36)29(31,32)33)37-22-8-6-17(18-4-5-20(14-39)25(13-18)45(3,40)41)11-21(22)28-27(38-16(2)42-28)19-7-9-23-24(12-19)44-30(34,35)43-23/h4-13,36-37,39H,14H2,1-3H3/b15-10-,36-26?. The van der Waals surface area contributed by atoms with Gasteiger partial charge in [0.05, 0.1) is 11.5 Å². The smallest absolute Gasteiger partial charge is 0.440 e. The Labute approximate surface area is 253 Å². The molecule has 9 nitrogen and oxygen atoms in total. The number of rotatable bonds is 8. The molecule has 0 atom stereocenters. The molecule has 5 rings (SSSR count). The molecule has 15 heteroatoms. The number of aliphatic hydroxyl groups is 1. The summed E-state index contributed by atoms with van der Waals surface area (Å²) in [6, 6.07) is 13.1. The number of fused-ring (bicyclic) bond motifs is 1. The summed E-state index contributed by atoms with van der Waals surface area (Å²) in [4.78, 5) is 4.32. The number of nitrogens with one attached hydrogen (secondary N) is 2. The van der Waals surface area contributed by atoms with Crippen LogP contribution in [0.4, 0.5) is 27.6 Å². The van der Waals surface area contributed by atoms with E-state index in [0.717, 1.165) is 6.26 Å². The van der Waals surface area contributed by atoms with Crippen molar-refractivity contribution in [1.82, 2.24) is 4.98 Å². The molecule has 0 bridgehead atoms. The quantitative estimate of drug-likeness (QED) is 0.136. The summed E-state index contributed by atoms with van der Waals surface area (Å²) in [5.41, 5.74) is 0.385. The van der Waals surface area contributed by atoms with E-state index in [1.54, 1.807) is 18.2 Å². The Kier molecular flexibility index (Phi) is 7.95. The normalized spacial score (nSPS) is 14.5. The van der Waals surface area contributed by atoms with Crippen molar-refractivity contribution < 1.29 is 49.4 Å². The summed E-state index contributed by atoms with van der Waals surface area (Å²) in [6.45, 7) is 2.35. The van der Waals surface area contributed by atoms with Crippen molar-refractivity contribution in [3.8, 4) is 45.2 Å². The van der Waals surface area contributed by atoms with E-state index in [1.165, 1.54) is 50.2 Å². The van der Waals surface area contributed by atoms with Gasteiger partial charge >= 0.3 is 12.5 Å². The molecule has 1 aromatic heterocycles. The zero-order valence-electron chi connectivity index (χ0n) is 23.7. The average Bonchev–Trinajstić information content (AvgIpc) is 3.48. The van der Waals surface area contributed by atoms with Crippen molar-refractivity contribution in [2.45, 2.75) is 37.8 Å². The monoisotopic (exact) mass is 649 g/mol. The van der Waals surface area contributed by atoms with Gasteiger partial charge in [0.25, 0.3) is 0 Å². The van der Waals surface area contributed by atoms with E-state index < -0.39 is 34.6 Å². The number of halogens is 5. The van der Waals surface area contributed by atoms with Gasteiger partial charge in [0, 0.05) is 35.7 Å². The maximum Gasteiger partial charge on any atom is 0.586 e. The number of allylic oxidation sites excluding steroid dienone is 2. The number of hydrogen-bond acceptors (Lipinski definition) is 9. The lowest BCUT2D eigenvalue weighted by Gasteiger charge is -2.15. The summed E-state index contributed by atoms with van der Waals surface area (Å²) in [6.07, 6.45) is -7.13. The fourth-order valence-electron chi connectivity index (χ4n) is 4.68. The number of oxazole rings is 1. The van der Waals surface area contributed by atoms with Gasteiger partial charge in [-0.3, -0.25) is 5.41 Å². The fourth-order valence-corrected chi connectivity index (χ4v) is 5.63. The third kappa shape index (κ3) is 6.68. The minimum Gasteiger partial charge on any atom is -0.440 e. The lowest BCUT2D eigenvalue weighted by Crippen LogP contribution is -2.25. The number of benzene rings is 3. The van der Waals surface area contributed by atoms with Gasteiger partial charge < -0.3 is 24.3 Å². The third-order valence-corrected chi connectivity index (χ3v) is 7.82. The predicted molar refractivity (Wildman–Crippen MR) is 154 cm³/mol. The predicted octanol–water partition coefficient (Wildman–Crippen LogP) is 7.10. The van der Waals surface area contributed by atoms with Crippen LogP contribution in [0.2, 0.25) is 0 Å². The van der Waals surface area contributed by atoms with Crippen LogP contribution in [0.1, 0.15) is 18.4 Å². The molecule has 0 fully saturated rings. The molecule has 0 spiro atoms. The molecule has 4 aromatic rings. The molecule has 0 amide bonds. The second-order valence-corrected chi connectivity index (χ2v) is 12.1. The number of anilines is 1. The van der Waals surface area contributed by atoms with Gasteiger partial charge in [0.15, 0.2) is 33.0 Å². The minimum atomic E-state index is -4.88. The van der Waals surface area contributed by atoms with Crippen LogP contribution in [0.5, 0.6) is 11.5 Å². The lowest BCUT2D eigenvalue weighted by molar-refractivity contribution is -0.286. The first-order chi connectivity index (χ1) is 20.9. The number of hydrogen-bond donors (Lipinski definition) is 3. The summed E-state index contributed by atoms with van der Waals surface area (Å²) >= 11 is 0.